The van der Waals surface area contributed by atoms with Crippen molar-refractivity contribution in [2.45, 2.75) is 59.2 Å². The highest BCUT2D eigenvalue weighted by Crippen LogP contribution is 2.38. The molecule has 0 amide bonds. The fourth-order valence-corrected chi connectivity index (χ4v) is 2.77. The first-order chi connectivity index (χ1) is 7.14. The number of hydrogen-bond acceptors (Lipinski definition) is 0. The van der Waals surface area contributed by atoms with Gasteiger partial charge in [0, 0.05) is 21.2 Å². The molecule has 15 heavy (non-hydrogen) atoms. The molecule has 0 saturated carbocycles. The molecule has 0 rings (SSSR count). The molecule has 0 bridgehead atoms. The van der Waals surface area contributed by atoms with Crippen molar-refractivity contribution in [1.82, 2.24) is 0 Å². The molecule has 0 fully saturated rings. The van der Waals surface area contributed by atoms with Crippen molar-refractivity contribution in [2.75, 3.05) is 0 Å². The Labute approximate surface area is 101 Å². The van der Waals surface area contributed by atoms with Gasteiger partial charge in [-0.15, -0.1) is 0 Å². The van der Waals surface area contributed by atoms with E-state index < -0.39 is 0 Å². The average molecular weight is 201 g/mol. The molecule has 0 aromatic rings. The van der Waals surface area contributed by atoms with Gasteiger partial charge in [0.15, 0.2) is 0 Å². The average Bonchev–Trinajstić information content (AvgIpc) is 2.26. The Morgan fingerprint density at radius 1 is 1.07 bits per heavy atom. The topological polar surface area (TPSA) is 0 Å². The highest BCUT2D eigenvalue weighted by molar-refractivity contribution is 7.51. The van der Waals surface area contributed by atoms with Crippen molar-refractivity contribution in [2.24, 2.45) is 5.41 Å². The third kappa shape index (κ3) is 5.83. The maximum Gasteiger partial charge on any atom is 0.0812 e. The van der Waals surface area contributed by atoms with Crippen LogP contribution in [0.1, 0.15) is 53.4 Å². The third-order valence-corrected chi connectivity index (χ3v) is 4.33. The first kappa shape index (κ1) is 15.3. The summed E-state index contributed by atoms with van der Waals surface area (Å²) in [5.41, 5.74) is 0.644. The summed E-state index contributed by atoms with van der Waals surface area (Å²) in [5, 5.41) is 0. The van der Waals surface area contributed by atoms with E-state index in [0.29, 0.717) is 5.41 Å². The predicted octanol–water partition coefficient (Wildman–Crippen LogP) is 0.440. The largest absolute Gasteiger partial charge is 0.0812 e. The van der Waals surface area contributed by atoms with Crippen LogP contribution in [0, 0.1) is 5.41 Å². The molecule has 0 aromatic heterocycles. The Kier molecular flexibility index (Phi) is 8.66. The van der Waals surface area contributed by atoms with E-state index in [2.05, 4.69) is 35.4 Å². The molecule has 0 aliphatic rings. The number of hydrogen-bond donors (Lipinski definition) is 0. The molecular weight excluding hydrogens is 174 g/mol. The van der Waals surface area contributed by atoms with Gasteiger partial charge in [0.25, 0.3) is 0 Å². The van der Waals surface area contributed by atoms with Crippen LogP contribution < -0.4 is 0 Å². The van der Waals surface area contributed by atoms with Gasteiger partial charge in [-0.2, -0.15) is 0 Å². The lowest BCUT2D eigenvalue weighted by Crippen LogP contribution is -2.26. The van der Waals surface area contributed by atoms with E-state index in [-0.39, 0.29) is 0 Å². The third-order valence-electron chi connectivity index (χ3n) is 4.33. The first-order valence-electron chi connectivity index (χ1n) is 7.14. The standard InChI is InChI=1S/C10H27B5/c1-5-10(6-2,7-3)8-9(4)12-14-15-13-11/h9,12-15H,5-8,11H2,1-4H3. The van der Waals surface area contributed by atoms with Crippen LogP contribution in [0.5, 0.6) is 0 Å². The Hall–Kier alpha value is 0.325. The second-order valence-electron chi connectivity index (χ2n) is 5.37. The van der Waals surface area contributed by atoms with Crippen LogP contribution in [0.4, 0.5) is 0 Å². The smallest absolute Gasteiger partial charge is 0.0763 e. The van der Waals surface area contributed by atoms with E-state index >= 15 is 0 Å². The molecule has 0 aliphatic carbocycles. The Balaban J connectivity index is 3.94. The van der Waals surface area contributed by atoms with E-state index in [4.69, 9.17) is 0 Å². The van der Waals surface area contributed by atoms with Gasteiger partial charge in [0.05, 0.1) is 14.9 Å². The summed E-state index contributed by atoms with van der Waals surface area (Å²) >= 11 is 0. The van der Waals surface area contributed by atoms with Crippen LogP contribution in [-0.4, -0.2) is 36.1 Å². The van der Waals surface area contributed by atoms with E-state index in [1.807, 2.05) is 0 Å². The monoisotopic (exact) mass is 202 g/mol. The minimum Gasteiger partial charge on any atom is -0.0763 e. The van der Waals surface area contributed by atoms with Crippen LogP contribution in [0.15, 0.2) is 0 Å². The van der Waals surface area contributed by atoms with Gasteiger partial charge in [-0.05, 0) is 5.41 Å². The lowest BCUT2D eigenvalue weighted by atomic mass is 9.03. The Morgan fingerprint density at radius 3 is 2.00 bits per heavy atom. The van der Waals surface area contributed by atoms with E-state index in [0.717, 1.165) is 5.82 Å². The predicted molar refractivity (Wildman–Crippen MR) is 84.5 cm³/mol. The van der Waals surface area contributed by atoms with Crippen molar-refractivity contribution < 1.29 is 0 Å². The van der Waals surface area contributed by atoms with Crippen LogP contribution >= 0.6 is 0 Å². The highest BCUT2D eigenvalue weighted by Gasteiger charge is 2.25. The van der Waals surface area contributed by atoms with Gasteiger partial charge in [0.2, 0.25) is 0 Å². The van der Waals surface area contributed by atoms with Crippen molar-refractivity contribution in [3.63, 3.8) is 0 Å². The molecule has 0 N–H and O–H groups in total. The van der Waals surface area contributed by atoms with Crippen molar-refractivity contribution in [3.05, 3.63) is 0 Å². The molecule has 0 aliphatic heterocycles. The Bertz CT molecular complexity index is 138. The molecule has 0 saturated heterocycles. The summed E-state index contributed by atoms with van der Waals surface area (Å²) in [6, 6.07) is 0. The molecule has 1 atom stereocenters. The molecule has 5 heteroatoms. The summed E-state index contributed by atoms with van der Waals surface area (Å²) in [5.74, 6) is 0.927. The molecule has 0 radical (unpaired) electrons. The first-order valence-corrected chi connectivity index (χ1v) is 7.14. The molecule has 0 aromatic carbocycles. The van der Waals surface area contributed by atoms with Gasteiger partial charge in [-0.1, -0.05) is 59.2 Å². The summed E-state index contributed by atoms with van der Waals surface area (Å²) in [4.78, 5) is 0. The highest BCUT2D eigenvalue weighted by atomic mass is 14.3. The molecule has 1 unspecified atom stereocenters. The van der Waals surface area contributed by atoms with Crippen molar-refractivity contribution >= 4 is 36.1 Å². The fraction of sp³-hybridized carbons (Fsp3) is 1.00. The van der Waals surface area contributed by atoms with E-state index in [1.165, 1.54) is 54.0 Å². The number of rotatable bonds is 9. The molecule has 0 heterocycles. The second kappa shape index (κ2) is 8.47. The van der Waals surface area contributed by atoms with Gasteiger partial charge >= 0.3 is 0 Å². The summed E-state index contributed by atoms with van der Waals surface area (Å²) < 4.78 is 0. The zero-order valence-corrected chi connectivity index (χ0v) is 11.7. The summed E-state index contributed by atoms with van der Waals surface area (Å²) in [7, 11) is 7.94. The molecule has 82 valence electrons. The van der Waals surface area contributed by atoms with Crippen LogP contribution in [-0.2, 0) is 0 Å². The SMILES string of the molecule is BBBBBC(C)CC(CC)(CC)CC. The van der Waals surface area contributed by atoms with E-state index in [1.54, 1.807) is 0 Å². The maximum absolute atomic E-state index is 2.45. The van der Waals surface area contributed by atoms with Crippen LogP contribution in [0.3, 0.4) is 0 Å². The van der Waals surface area contributed by atoms with Crippen LogP contribution in [0.2, 0.25) is 5.82 Å². The minimum atomic E-state index is 0.644. The maximum atomic E-state index is 2.45. The van der Waals surface area contributed by atoms with Crippen molar-refractivity contribution in [3.8, 4) is 0 Å². The zero-order valence-electron chi connectivity index (χ0n) is 11.7. The zero-order chi connectivity index (χ0) is 11.7. The summed E-state index contributed by atoms with van der Waals surface area (Å²) in [6.07, 6.45) is 5.52. The summed E-state index contributed by atoms with van der Waals surface area (Å²) in [6.45, 7) is 9.55. The molecular formula is C10H27B5. The quantitative estimate of drug-likeness (QED) is 0.375. The van der Waals surface area contributed by atoms with Gasteiger partial charge in [-0.3, -0.25) is 0 Å². The van der Waals surface area contributed by atoms with Crippen molar-refractivity contribution in [1.29, 1.82) is 0 Å². The minimum absolute atomic E-state index is 0.644. The fourth-order valence-electron chi connectivity index (χ4n) is 2.77. The Morgan fingerprint density at radius 2 is 1.60 bits per heavy atom. The lowest BCUT2D eigenvalue weighted by molar-refractivity contribution is 0.226. The molecule has 0 nitrogen and oxygen atoms in total. The van der Waals surface area contributed by atoms with Gasteiger partial charge in [-0.25, -0.2) is 0 Å². The van der Waals surface area contributed by atoms with E-state index in [9.17, 15) is 0 Å². The second-order valence-corrected chi connectivity index (χ2v) is 5.37. The van der Waals surface area contributed by atoms with Crippen LogP contribution in [0.25, 0.3) is 0 Å². The van der Waals surface area contributed by atoms with Gasteiger partial charge in [0.1, 0.15) is 0 Å². The van der Waals surface area contributed by atoms with Gasteiger partial charge < -0.3 is 0 Å². The normalized spacial score (nSPS) is 13.1. The lowest BCUT2D eigenvalue weighted by Gasteiger charge is -2.33. The molecule has 0 spiro atoms.